The van der Waals surface area contributed by atoms with Gasteiger partial charge in [0.25, 0.3) is 21.5 Å². The Labute approximate surface area is 261 Å². The van der Waals surface area contributed by atoms with Gasteiger partial charge in [-0.05, 0) is 81.3 Å². The van der Waals surface area contributed by atoms with E-state index in [1.54, 1.807) is 55.5 Å². The molecule has 12 heteroatoms. The zero-order valence-electron chi connectivity index (χ0n) is 25.4. The highest BCUT2D eigenvalue weighted by Crippen LogP contribution is 2.23. The highest BCUT2D eigenvalue weighted by atomic mass is 32.2. The number of benzene rings is 3. The van der Waals surface area contributed by atoms with Crippen LogP contribution in [0, 0.1) is 0 Å². The smallest absolute Gasteiger partial charge is 0.264 e. The number of nitrogens with one attached hydrogen (secondary N) is 5. The average molecular weight is 631 g/mol. The molecule has 11 nitrogen and oxygen atoms in total. The van der Waals surface area contributed by atoms with Gasteiger partial charge in [-0.15, -0.1) is 0 Å². The van der Waals surface area contributed by atoms with E-state index < -0.39 is 16.1 Å². The Morgan fingerprint density at radius 1 is 0.978 bits per heavy atom. The van der Waals surface area contributed by atoms with Gasteiger partial charge >= 0.3 is 0 Å². The van der Waals surface area contributed by atoms with Crippen LogP contribution in [-0.4, -0.2) is 46.3 Å². The number of amides is 1. The highest BCUT2D eigenvalue weighted by molar-refractivity contribution is 7.92. The van der Waals surface area contributed by atoms with Crippen molar-refractivity contribution in [3.05, 3.63) is 118 Å². The summed E-state index contributed by atoms with van der Waals surface area (Å²) in [6.07, 6.45) is 1.91. The molecule has 0 fully saturated rings. The molecule has 45 heavy (non-hydrogen) atoms. The van der Waals surface area contributed by atoms with E-state index >= 15 is 0 Å². The van der Waals surface area contributed by atoms with Crippen LogP contribution in [0.1, 0.15) is 61.0 Å². The van der Waals surface area contributed by atoms with Crippen LogP contribution < -0.4 is 20.9 Å². The van der Waals surface area contributed by atoms with Crippen LogP contribution in [0.15, 0.2) is 101 Å². The number of hydrogen-bond donors (Lipinski definition) is 6. The minimum atomic E-state index is -3.74. The molecule has 2 heterocycles. The molecule has 1 amide bonds. The predicted octanol–water partition coefficient (Wildman–Crippen LogP) is 4.44. The summed E-state index contributed by atoms with van der Waals surface area (Å²) in [5.41, 5.74) is 2.53. The zero-order chi connectivity index (χ0) is 32.2. The molecule has 1 unspecified atom stereocenters. The summed E-state index contributed by atoms with van der Waals surface area (Å²) in [6.45, 7) is 6.92. The number of anilines is 1. The number of β-amino-alcohol motifs (C(OH)–C–C–N with tert-alkyl or cyclic N) is 1. The molecule has 236 valence electrons. The Balaban J connectivity index is 1.15. The van der Waals surface area contributed by atoms with Gasteiger partial charge in [0, 0.05) is 53.0 Å². The standard InChI is InChI=1S/C33H38N6O5S/c1-22(28-20-31(41)37-36-28)35-32(42)25-12-13-29-23(18-25)14-16-39(29)17-15-33(2,3)34-21-30(40)24-8-7-9-26(19-24)38-45(43,44)27-10-5-4-6-11-27/h4-14,16,18-20,22,30,34,38,40H,15,17,21H2,1-3H3,(H,35,42)(H2,36,37,41)/t22?,30-/m0/s1. The van der Waals surface area contributed by atoms with Crippen molar-refractivity contribution in [3.8, 4) is 0 Å². The van der Waals surface area contributed by atoms with E-state index in [9.17, 15) is 23.1 Å². The van der Waals surface area contributed by atoms with Gasteiger partial charge in [0.2, 0.25) is 0 Å². The van der Waals surface area contributed by atoms with E-state index in [4.69, 9.17) is 0 Å². The van der Waals surface area contributed by atoms with Crippen LogP contribution in [0.3, 0.4) is 0 Å². The van der Waals surface area contributed by atoms with E-state index in [-0.39, 0.29) is 34.5 Å². The first-order valence-corrected chi connectivity index (χ1v) is 16.2. The summed E-state index contributed by atoms with van der Waals surface area (Å²) in [5, 5.41) is 23.4. The number of aromatic amines is 2. The maximum atomic E-state index is 12.8. The van der Waals surface area contributed by atoms with Crippen molar-refractivity contribution in [2.24, 2.45) is 0 Å². The second-order valence-corrected chi connectivity index (χ2v) is 13.4. The fourth-order valence-electron chi connectivity index (χ4n) is 5.08. The molecule has 0 aliphatic carbocycles. The van der Waals surface area contributed by atoms with E-state index in [2.05, 4.69) is 44.0 Å². The third-order valence-electron chi connectivity index (χ3n) is 7.79. The minimum absolute atomic E-state index is 0.165. The van der Waals surface area contributed by atoms with Crippen molar-refractivity contribution in [1.82, 2.24) is 25.4 Å². The maximum absolute atomic E-state index is 12.8. The van der Waals surface area contributed by atoms with Gasteiger partial charge in [-0.3, -0.25) is 19.4 Å². The molecule has 3 aromatic carbocycles. The molecular formula is C33H38N6O5S. The average Bonchev–Trinajstić information content (AvgIpc) is 3.65. The van der Waals surface area contributed by atoms with Crippen molar-refractivity contribution >= 4 is 32.5 Å². The number of rotatable bonds is 13. The number of aryl methyl sites for hydroxylation is 1. The molecule has 0 radical (unpaired) electrons. The van der Waals surface area contributed by atoms with Gasteiger partial charge < -0.3 is 25.4 Å². The fraction of sp³-hybridized carbons (Fsp3) is 0.273. The number of H-pyrrole nitrogens is 2. The van der Waals surface area contributed by atoms with E-state index in [1.165, 1.54) is 18.2 Å². The summed E-state index contributed by atoms with van der Waals surface area (Å²) in [4.78, 5) is 24.4. The van der Waals surface area contributed by atoms with Crippen LogP contribution in [0.4, 0.5) is 5.69 Å². The predicted molar refractivity (Wildman–Crippen MR) is 175 cm³/mol. The quantitative estimate of drug-likeness (QED) is 0.113. The molecule has 0 aliphatic heterocycles. The number of nitrogens with zero attached hydrogens (tertiary/aromatic N) is 1. The second kappa shape index (κ2) is 13.1. The number of carbonyl (C=O) groups excluding carboxylic acids is 1. The Morgan fingerprint density at radius 3 is 2.49 bits per heavy atom. The lowest BCUT2D eigenvalue weighted by atomic mass is 9.99. The van der Waals surface area contributed by atoms with E-state index in [0.717, 1.165) is 17.3 Å². The molecule has 5 aromatic rings. The Bertz CT molecular complexity index is 1940. The van der Waals surface area contributed by atoms with Crippen molar-refractivity contribution in [3.63, 3.8) is 0 Å². The molecule has 0 spiro atoms. The first-order valence-electron chi connectivity index (χ1n) is 14.7. The molecule has 0 bridgehead atoms. The third-order valence-corrected chi connectivity index (χ3v) is 9.19. The Kier molecular flexibility index (Phi) is 9.28. The lowest BCUT2D eigenvalue weighted by Gasteiger charge is -2.28. The van der Waals surface area contributed by atoms with Crippen LogP contribution in [0.5, 0.6) is 0 Å². The molecule has 0 saturated carbocycles. The van der Waals surface area contributed by atoms with Crippen molar-refractivity contribution in [2.75, 3.05) is 11.3 Å². The number of carbonyl (C=O) groups is 1. The lowest BCUT2D eigenvalue weighted by molar-refractivity contribution is 0.0939. The topological polar surface area (TPSA) is 161 Å². The molecule has 2 atom stereocenters. The summed E-state index contributed by atoms with van der Waals surface area (Å²) in [7, 11) is -3.74. The van der Waals surface area contributed by atoms with Gasteiger partial charge in [0.15, 0.2) is 0 Å². The van der Waals surface area contributed by atoms with E-state index in [1.807, 2.05) is 24.4 Å². The number of fused-ring (bicyclic) bond motifs is 1. The minimum Gasteiger partial charge on any atom is -0.387 e. The number of aromatic nitrogens is 3. The normalized spacial score (nSPS) is 13.4. The van der Waals surface area contributed by atoms with Crippen molar-refractivity contribution < 1.29 is 18.3 Å². The molecule has 0 saturated heterocycles. The fourth-order valence-corrected chi connectivity index (χ4v) is 6.15. The maximum Gasteiger partial charge on any atom is 0.264 e. The SMILES string of the molecule is CC(NC(=O)c1ccc2c(ccn2CCC(C)(C)NC[C@H](O)c2cccc(NS(=O)(=O)c3ccccc3)c2)c1)c1cc(=O)[nH][nH]1. The molecular weight excluding hydrogens is 592 g/mol. The molecule has 2 aromatic heterocycles. The van der Waals surface area contributed by atoms with Crippen LogP contribution >= 0.6 is 0 Å². The summed E-state index contributed by atoms with van der Waals surface area (Å²) >= 11 is 0. The molecule has 5 rings (SSSR count). The summed E-state index contributed by atoms with van der Waals surface area (Å²) in [6, 6.07) is 23.5. The van der Waals surface area contributed by atoms with Crippen molar-refractivity contribution in [2.45, 2.75) is 56.3 Å². The Hall–Kier alpha value is -4.65. The number of sulfonamides is 1. The van der Waals surface area contributed by atoms with Gasteiger partial charge in [-0.2, -0.15) is 0 Å². The van der Waals surface area contributed by atoms with Crippen molar-refractivity contribution in [1.29, 1.82) is 0 Å². The Morgan fingerprint density at radius 2 is 1.76 bits per heavy atom. The van der Waals surface area contributed by atoms with Crippen LogP contribution in [-0.2, 0) is 16.6 Å². The monoisotopic (exact) mass is 630 g/mol. The van der Waals surface area contributed by atoms with Gasteiger partial charge in [-0.25, -0.2) is 8.42 Å². The molecule has 6 N–H and O–H groups in total. The number of aliphatic hydroxyl groups is 1. The van der Waals surface area contributed by atoms with Gasteiger partial charge in [0.1, 0.15) is 0 Å². The third kappa shape index (κ3) is 7.90. The molecule has 0 aliphatic rings. The van der Waals surface area contributed by atoms with E-state index in [0.29, 0.717) is 29.1 Å². The van der Waals surface area contributed by atoms with Crippen LogP contribution in [0.25, 0.3) is 10.9 Å². The number of hydrogen-bond acceptors (Lipinski definition) is 6. The van der Waals surface area contributed by atoms with Crippen LogP contribution in [0.2, 0.25) is 0 Å². The zero-order valence-corrected chi connectivity index (χ0v) is 26.2. The number of aliphatic hydroxyl groups excluding tert-OH is 1. The lowest BCUT2D eigenvalue weighted by Crippen LogP contribution is -2.42. The van der Waals surface area contributed by atoms with Gasteiger partial charge in [-0.1, -0.05) is 30.3 Å². The first-order chi connectivity index (χ1) is 21.4. The second-order valence-electron chi connectivity index (χ2n) is 11.8. The summed E-state index contributed by atoms with van der Waals surface area (Å²) in [5.74, 6) is -0.234. The first kappa shape index (κ1) is 31.8. The highest BCUT2D eigenvalue weighted by Gasteiger charge is 2.21. The largest absolute Gasteiger partial charge is 0.387 e. The van der Waals surface area contributed by atoms with Gasteiger partial charge in [0.05, 0.1) is 22.7 Å². The summed E-state index contributed by atoms with van der Waals surface area (Å²) < 4.78 is 30.1.